The first-order valence-electron chi connectivity index (χ1n) is 11.2. The summed E-state index contributed by atoms with van der Waals surface area (Å²) < 4.78 is 65.4. The molecule has 192 valence electrons. The highest BCUT2D eigenvalue weighted by Crippen LogP contribution is 2.35. The normalized spacial score (nSPS) is 18.6. The first-order chi connectivity index (χ1) is 16.9. The number of alkyl halides is 3. The second kappa shape index (κ2) is 10.1. The monoisotopic (exact) mass is 540 g/mol. The quantitative estimate of drug-likeness (QED) is 0.387. The van der Waals surface area contributed by atoms with Crippen LogP contribution in [0.2, 0.25) is 5.02 Å². The maximum atomic E-state index is 13.4. The number of halogens is 4. The van der Waals surface area contributed by atoms with E-state index in [4.69, 9.17) is 11.6 Å². The van der Waals surface area contributed by atoms with Gasteiger partial charge in [-0.25, -0.2) is 13.4 Å². The van der Waals surface area contributed by atoms with Gasteiger partial charge in [-0.3, -0.25) is 9.52 Å². The Morgan fingerprint density at radius 3 is 2.39 bits per heavy atom. The molecule has 0 spiro atoms. The van der Waals surface area contributed by atoms with E-state index in [-0.39, 0.29) is 23.5 Å². The number of fused-ring (bicyclic) bond motifs is 1. The van der Waals surface area contributed by atoms with E-state index in [1.807, 2.05) is 0 Å². The highest BCUT2D eigenvalue weighted by atomic mass is 35.5. The maximum Gasteiger partial charge on any atom is 0.433 e. The molecule has 1 fully saturated rings. The molecular weight excluding hydrogens is 517 g/mol. The molecule has 4 rings (SSSR count). The Balaban J connectivity index is 1.41. The summed E-state index contributed by atoms with van der Waals surface area (Å²) in [4.78, 5) is 16.4. The lowest BCUT2D eigenvalue weighted by molar-refractivity contribution is -0.140. The van der Waals surface area contributed by atoms with Crippen LogP contribution in [-0.4, -0.2) is 37.6 Å². The number of sulfonamides is 1. The molecule has 0 saturated heterocycles. The van der Waals surface area contributed by atoms with Crippen LogP contribution in [0.3, 0.4) is 0 Å². The molecule has 12 heteroatoms. The molecule has 2 aromatic carbocycles. The van der Waals surface area contributed by atoms with Crippen molar-refractivity contribution >= 4 is 49.8 Å². The second-order valence-electron chi connectivity index (χ2n) is 8.84. The average Bonchev–Trinajstić information content (AvgIpc) is 2.79. The lowest BCUT2D eigenvalue weighted by Crippen LogP contribution is -2.40. The van der Waals surface area contributed by atoms with Crippen LogP contribution >= 0.6 is 11.6 Å². The van der Waals surface area contributed by atoms with Gasteiger partial charge in [0.1, 0.15) is 5.69 Å². The molecule has 3 N–H and O–H groups in total. The lowest BCUT2D eigenvalue weighted by Gasteiger charge is -2.31. The van der Waals surface area contributed by atoms with Crippen molar-refractivity contribution in [2.75, 3.05) is 16.3 Å². The fourth-order valence-corrected chi connectivity index (χ4v) is 5.00. The number of nitrogens with zero attached hydrogens (tertiary/aromatic N) is 1. The zero-order valence-electron chi connectivity index (χ0n) is 19.2. The Labute approximate surface area is 211 Å². The summed E-state index contributed by atoms with van der Waals surface area (Å²) in [7, 11) is -3.47. The molecule has 0 atom stereocenters. The smallest absolute Gasteiger partial charge is 0.382 e. The number of carbonyl (C=O) groups excluding carboxylic acids is 1. The van der Waals surface area contributed by atoms with Crippen molar-refractivity contribution in [3.8, 4) is 0 Å². The van der Waals surface area contributed by atoms with Gasteiger partial charge in [-0.15, -0.1) is 0 Å². The Kier molecular flexibility index (Phi) is 7.33. The molecule has 1 heterocycles. The van der Waals surface area contributed by atoms with E-state index in [1.54, 1.807) is 24.3 Å². The Hall–Kier alpha value is -3.05. The summed E-state index contributed by atoms with van der Waals surface area (Å²) in [6.45, 7) is 0. The van der Waals surface area contributed by atoms with Crippen LogP contribution in [0, 0.1) is 0 Å². The molecule has 36 heavy (non-hydrogen) atoms. The molecule has 0 unspecified atom stereocenters. The van der Waals surface area contributed by atoms with Gasteiger partial charge in [-0.05, 0) is 68.1 Å². The molecule has 3 aromatic rings. The third-order valence-corrected chi connectivity index (χ3v) is 6.75. The van der Waals surface area contributed by atoms with Gasteiger partial charge < -0.3 is 10.6 Å². The zero-order valence-corrected chi connectivity index (χ0v) is 20.8. The Morgan fingerprint density at radius 1 is 1.03 bits per heavy atom. The summed E-state index contributed by atoms with van der Waals surface area (Å²) in [5, 5.41) is 7.08. The van der Waals surface area contributed by atoms with Crippen molar-refractivity contribution in [1.82, 2.24) is 10.3 Å². The third-order valence-electron chi connectivity index (χ3n) is 5.91. The van der Waals surface area contributed by atoms with Crippen LogP contribution in [0.5, 0.6) is 0 Å². The average molecular weight is 541 g/mol. The molecule has 7 nitrogen and oxygen atoms in total. The summed E-state index contributed by atoms with van der Waals surface area (Å²) in [6.07, 6.45) is -1.04. The number of amides is 1. The maximum absolute atomic E-state index is 13.4. The van der Waals surface area contributed by atoms with E-state index in [2.05, 4.69) is 20.3 Å². The van der Waals surface area contributed by atoms with Crippen LogP contribution in [-0.2, 0) is 16.2 Å². The van der Waals surface area contributed by atoms with Gasteiger partial charge in [0.25, 0.3) is 5.91 Å². The number of aromatic nitrogens is 1. The van der Waals surface area contributed by atoms with Crippen molar-refractivity contribution in [1.29, 1.82) is 0 Å². The van der Waals surface area contributed by atoms with Gasteiger partial charge in [-0.2, -0.15) is 13.2 Å². The predicted octanol–water partition coefficient (Wildman–Crippen LogP) is 5.43. The third kappa shape index (κ3) is 6.58. The number of hydrogen-bond donors (Lipinski definition) is 3. The van der Waals surface area contributed by atoms with E-state index in [1.165, 1.54) is 18.2 Å². The zero-order chi connectivity index (χ0) is 26.1. The Morgan fingerprint density at radius 2 is 1.72 bits per heavy atom. The van der Waals surface area contributed by atoms with Crippen molar-refractivity contribution < 1.29 is 26.4 Å². The first kappa shape index (κ1) is 26.0. The van der Waals surface area contributed by atoms with E-state index >= 15 is 0 Å². The highest BCUT2D eigenvalue weighted by Gasteiger charge is 2.34. The fraction of sp³-hybridized carbons (Fsp3) is 0.333. The van der Waals surface area contributed by atoms with Gasteiger partial charge in [0.2, 0.25) is 10.0 Å². The van der Waals surface area contributed by atoms with Crippen LogP contribution in [0.4, 0.5) is 24.5 Å². The largest absolute Gasteiger partial charge is 0.433 e. The number of hydrogen-bond acceptors (Lipinski definition) is 5. The van der Waals surface area contributed by atoms with Crippen molar-refractivity contribution in [3.05, 3.63) is 64.8 Å². The standard InChI is InChI=1S/C24H24ClF3N4O3S/c1-36(34,35)32-18-4-2-3-14(11-18)23(33)30-17-8-6-16(7-9-17)29-21-13-22(24(26,27)28)31-20-10-5-15(25)12-19(20)21/h2-5,10-13,16-17,32H,6-9H2,1H3,(H,29,31)(H,30,33). The molecule has 0 aliphatic heterocycles. The molecule has 1 aliphatic rings. The molecule has 0 radical (unpaired) electrons. The van der Waals surface area contributed by atoms with Gasteiger partial charge >= 0.3 is 6.18 Å². The van der Waals surface area contributed by atoms with Crippen LogP contribution in [0.15, 0.2) is 48.5 Å². The molecule has 1 aliphatic carbocycles. The molecular formula is C24H24ClF3N4O3S. The van der Waals surface area contributed by atoms with E-state index < -0.39 is 21.9 Å². The number of benzene rings is 2. The molecule has 1 amide bonds. The van der Waals surface area contributed by atoms with E-state index in [9.17, 15) is 26.4 Å². The first-order valence-corrected chi connectivity index (χ1v) is 13.5. The van der Waals surface area contributed by atoms with Gasteiger partial charge in [0.15, 0.2) is 0 Å². The number of pyridine rings is 1. The summed E-state index contributed by atoms with van der Waals surface area (Å²) >= 11 is 6.07. The van der Waals surface area contributed by atoms with E-state index in [0.29, 0.717) is 53.0 Å². The summed E-state index contributed by atoms with van der Waals surface area (Å²) in [5.74, 6) is -0.326. The number of nitrogens with one attached hydrogen (secondary N) is 3. The van der Waals surface area contributed by atoms with Crippen LogP contribution < -0.4 is 15.4 Å². The molecule has 0 bridgehead atoms. The SMILES string of the molecule is CS(=O)(=O)Nc1cccc(C(=O)NC2CCC(Nc3cc(C(F)(F)F)nc4ccc(Cl)cc34)CC2)c1. The van der Waals surface area contributed by atoms with Gasteiger partial charge in [-0.1, -0.05) is 17.7 Å². The summed E-state index contributed by atoms with van der Waals surface area (Å²) in [5.41, 5.74) is 0.154. The predicted molar refractivity (Wildman–Crippen MR) is 134 cm³/mol. The van der Waals surface area contributed by atoms with Crippen LogP contribution in [0.25, 0.3) is 10.9 Å². The fourth-order valence-electron chi connectivity index (χ4n) is 4.27. The van der Waals surface area contributed by atoms with Gasteiger partial charge in [0, 0.05) is 39.4 Å². The number of rotatable bonds is 6. The van der Waals surface area contributed by atoms with Crippen molar-refractivity contribution in [2.24, 2.45) is 0 Å². The minimum atomic E-state index is -4.58. The molecule has 1 saturated carbocycles. The second-order valence-corrected chi connectivity index (χ2v) is 11.0. The van der Waals surface area contributed by atoms with E-state index in [0.717, 1.165) is 12.3 Å². The molecule has 1 aromatic heterocycles. The van der Waals surface area contributed by atoms with Gasteiger partial charge in [0.05, 0.1) is 11.8 Å². The lowest BCUT2D eigenvalue weighted by atomic mass is 9.90. The topological polar surface area (TPSA) is 100 Å². The minimum absolute atomic E-state index is 0.0916. The van der Waals surface area contributed by atoms with Crippen molar-refractivity contribution in [3.63, 3.8) is 0 Å². The number of anilines is 2. The van der Waals surface area contributed by atoms with Crippen molar-refractivity contribution in [2.45, 2.75) is 43.9 Å². The minimum Gasteiger partial charge on any atom is -0.382 e. The highest BCUT2D eigenvalue weighted by molar-refractivity contribution is 7.92. The Bertz CT molecular complexity index is 1390. The summed E-state index contributed by atoms with van der Waals surface area (Å²) in [6, 6.07) is 11.5. The number of carbonyl (C=O) groups is 1. The van der Waals surface area contributed by atoms with Crippen LogP contribution in [0.1, 0.15) is 41.7 Å².